The number of nitrogens with zero attached hydrogens (tertiary/aromatic N) is 2. The monoisotopic (exact) mass is 502 g/mol. The summed E-state index contributed by atoms with van der Waals surface area (Å²) in [7, 11) is 0. The van der Waals surface area contributed by atoms with Gasteiger partial charge in [0.05, 0.1) is 6.20 Å². The summed E-state index contributed by atoms with van der Waals surface area (Å²) in [5.41, 5.74) is 3.09. The van der Waals surface area contributed by atoms with Crippen LogP contribution in [-0.2, 0) is 10.3 Å². The molecule has 3 unspecified atom stereocenters. The molecule has 0 radical (unpaired) electrons. The van der Waals surface area contributed by atoms with Gasteiger partial charge < -0.3 is 20.5 Å². The Balaban J connectivity index is 1.60. The average molecular weight is 502 g/mol. The fourth-order valence-electron chi connectivity index (χ4n) is 4.38. The Labute approximate surface area is 195 Å². The minimum atomic E-state index is -3.17. The smallest absolute Gasteiger partial charge is 0.283 e. The first-order valence-corrected chi connectivity index (χ1v) is 10.5. The number of pyridine rings is 1. The van der Waals surface area contributed by atoms with E-state index in [0.717, 1.165) is 18.3 Å². The van der Waals surface area contributed by atoms with E-state index in [0.29, 0.717) is 0 Å². The topological polar surface area (TPSA) is 98.8 Å². The second-order valence-electron chi connectivity index (χ2n) is 8.26. The highest BCUT2D eigenvalue weighted by Gasteiger charge is 2.60. The number of rotatable bonds is 7. The van der Waals surface area contributed by atoms with Gasteiger partial charge in [-0.2, -0.15) is 0 Å². The number of hydrogen-bond acceptors (Lipinski definition) is 6. The summed E-state index contributed by atoms with van der Waals surface area (Å²) in [5, 5.41) is 2.45. The normalized spacial score (nSPS) is 24.9. The van der Waals surface area contributed by atoms with Crippen LogP contribution in [0, 0.1) is 11.7 Å². The Morgan fingerprint density at radius 3 is 2.69 bits per heavy atom. The number of alkyl halides is 5. The van der Waals surface area contributed by atoms with Crippen LogP contribution >= 0.6 is 0 Å². The van der Waals surface area contributed by atoms with E-state index in [4.69, 9.17) is 15.2 Å². The van der Waals surface area contributed by atoms with Gasteiger partial charge in [0.15, 0.2) is 0 Å². The number of nitrogens with two attached hydrogens (primary N) is 1. The molecule has 7 nitrogen and oxygen atoms in total. The zero-order valence-electron chi connectivity index (χ0n) is 18.0. The lowest BCUT2D eigenvalue weighted by Crippen LogP contribution is -2.48. The lowest BCUT2D eigenvalue weighted by Gasteiger charge is -2.40. The van der Waals surface area contributed by atoms with Gasteiger partial charge in [0.25, 0.3) is 24.3 Å². The van der Waals surface area contributed by atoms with Gasteiger partial charge in [0, 0.05) is 30.0 Å². The molecule has 35 heavy (non-hydrogen) atoms. The van der Waals surface area contributed by atoms with Crippen LogP contribution < -0.4 is 15.8 Å². The molecule has 3 atom stereocenters. The Morgan fingerprint density at radius 1 is 1.26 bits per heavy atom. The molecular weight excluding hydrogens is 482 g/mol. The van der Waals surface area contributed by atoms with Gasteiger partial charge in [-0.1, -0.05) is 0 Å². The largest absolute Gasteiger partial charge is 0.486 e. The number of anilines is 1. The van der Waals surface area contributed by atoms with Crippen molar-refractivity contribution in [2.75, 3.05) is 18.6 Å². The first-order chi connectivity index (χ1) is 16.5. The van der Waals surface area contributed by atoms with Crippen LogP contribution in [0.25, 0.3) is 0 Å². The molecule has 1 amide bonds. The van der Waals surface area contributed by atoms with Crippen LogP contribution in [0.2, 0.25) is 0 Å². The van der Waals surface area contributed by atoms with Crippen molar-refractivity contribution in [1.82, 2.24) is 4.98 Å². The van der Waals surface area contributed by atoms with Crippen molar-refractivity contribution in [2.24, 2.45) is 16.6 Å². The molecule has 2 aromatic rings. The second kappa shape index (κ2) is 9.27. The number of fused-ring (bicyclic) bond motifs is 1. The van der Waals surface area contributed by atoms with Crippen molar-refractivity contribution in [3.05, 3.63) is 53.6 Å². The highest BCUT2D eigenvalue weighted by Crippen LogP contribution is 2.53. The third-order valence-corrected chi connectivity index (χ3v) is 5.90. The molecule has 4 rings (SSSR count). The number of carbonyl (C=O) groups excluding carboxylic acids is 1. The third kappa shape index (κ3) is 4.98. The van der Waals surface area contributed by atoms with Gasteiger partial charge >= 0.3 is 0 Å². The summed E-state index contributed by atoms with van der Waals surface area (Å²) in [6.07, 6.45) is -4.26. The van der Waals surface area contributed by atoms with Crippen LogP contribution in [0.1, 0.15) is 28.9 Å². The number of aliphatic imine (C=N–C) groups is 1. The Morgan fingerprint density at radius 2 is 2.03 bits per heavy atom. The van der Waals surface area contributed by atoms with Crippen LogP contribution in [0.4, 0.5) is 32.0 Å². The molecule has 188 valence electrons. The number of benzene rings is 1. The minimum absolute atomic E-state index is 0.0145. The fraction of sp³-hybridized carbons (Fsp3) is 0.409. The highest BCUT2D eigenvalue weighted by molar-refractivity contribution is 6.02. The van der Waals surface area contributed by atoms with Crippen LogP contribution in [0.5, 0.6) is 5.75 Å². The van der Waals surface area contributed by atoms with Gasteiger partial charge in [-0.05, 0) is 30.3 Å². The first kappa shape index (κ1) is 24.6. The number of hydrogen-bond donors (Lipinski definition) is 2. The summed E-state index contributed by atoms with van der Waals surface area (Å²) in [6, 6.07) is 5.18. The summed E-state index contributed by atoms with van der Waals surface area (Å²) >= 11 is 0. The molecule has 1 aromatic heterocycles. The zero-order valence-corrected chi connectivity index (χ0v) is 18.0. The molecule has 0 saturated heterocycles. The van der Waals surface area contributed by atoms with Crippen molar-refractivity contribution < 1.29 is 40.6 Å². The van der Waals surface area contributed by atoms with Crippen molar-refractivity contribution in [2.45, 2.75) is 36.8 Å². The summed E-state index contributed by atoms with van der Waals surface area (Å²) in [6.45, 7) is -2.17. The quantitative estimate of drug-likeness (QED) is 0.557. The van der Waals surface area contributed by atoms with Gasteiger partial charge in [-0.15, -0.1) is 0 Å². The fourth-order valence-corrected chi connectivity index (χ4v) is 4.38. The maximum atomic E-state index is 14.9. The van der Waals surface area contributed by atoms with E-state index in [1.54, 1.807) is 0 Å². The van der Waals surface area contributed by atoms with Crippen molar-refractivity contribution in [1.29, 1.82) is 0 Å². The number of nitrogens with one attached hydrogen (secondary N) is 1. The maximum Gasteiger partial charge on any atom is 0.283 e. The molecule has 1 aromatic carbocycles. The molecular formula is C22H20F6N4O3. The minimum Gasteiger partial charge on any atom is -0.486 e. The van der Waals surface area contributed by atoms with Gasteiger partial charge in [-0.3, -0.25) is 4.79 Å². The predicted octanol–water partition coefficient (Wildman–Crippen LogP) is 4.04. The SMILES string of the molecule is NC1=NC(CF)(c2cc(NC(=O)c3ccc(OCC(F)F)cn3)ccc2F)C2CC(F)(F)CC2O1. The molecule has 0 spiro atoms. The zero-order chi connectivity index (χ0) is 25.4. The van der Waals surface area contributed by atoms with E-state index in [1.807, 2.05) is 0 Å². The van der Waals surface area contributed by atoms with E-state index < -0.39 is 73.8 Å². The lowest BCUT2D eigenvalue weighted by atomic mass is 9.76. The number of halogens is 6. The highest BCUT2D eigenvalue weighted by atomic mass is 19.3. The van der Waals surface area contributed by atoms with E-state index in [-0.39, 0.29) is 22.7 Å². The molecule has 2 heterocycles. The lowest BCUT2D eigenvalue weighted by molar-refractivity contribution is -0.00300. The van der Waals surface area contributed by atoms with Gasteiger partial charge in [-0.25, -0.2) is 36.3 Å². The first-order valence-electron chi connectivity index (χ1n) is 10.5. The summed E-state index contributed by atoms with van der Waals surface area (Å²) in [5.74, 6) is -6.02. The van der Waals surface area contributed by atoms with E-state index in [1.165, 1.54) is 18.2 Å². The van der Waals surface area contributed by atoms with Gasteiger partial charge in [0.2, 0.25) is 0 Å². The summed E-state index contributed by atoms with van der Waals surface area (Å²) < 4.78 is 92.1. The Bertz CT molecular complexity index is 1130. The average Bonchev–Trinajstić information content (AvgIpc) is 3.12. The summed E-state index contributed by atoms with van der Waals surface area (Å²) in [4.78, 5) is 20.3. The maximum absolute atomic E-state index is 14.9. The van der Waals surface area contributed by atoms with E-state index in [9.17, 15) is 31.1 Å². The molecule has 1 fully saturated rings. The molecule has 3 N–H and O–H groups in total. The number of aromatic nitrogens is 1. The van der Waals surface area contributed by atoms with Crippen LogP contribution in [-0.4, -0.2) is 48.6 Å². The molecule has 1 saturated carbocycles. The van der Waals surface area contributed by atoms with E-state index in [2.05, 4.69) is 15.3 Å². The van der Waals surface area contributed by atoms with Crippen molar-refractivity contribution in [3.8, 4) is 5.75 Å². The second-order valence-corrected chi connectivity index (χ2v) is 8.26. The number of ether oxygens (including phenoxy) is 2. The molecule has 1 aliphatic carbocycles. The predicted molar refractivity (Wildman–Crippen MR) is 112 cm³/mol. The molecule has 13 heteroatoms. The van der Waals surface area contributed by atoms with Gasteiger partial charge in [0.1, 0.15) is 42.2 Å². The Kier molecular flexibility index (Phi) is 6.52. The Hall–Kier alpha value is -3.51. The van der Waals surface area contributed by atoms with Crippen LogP contribution in [0.3, 0.4) is 0 Å². The number of carbonyl (C=O) groups is 1. The molecule has 1 aliphatic heterocycles. The molecule has 0 bridgehead atoms. The van der Waals surface area contributed by atoms with Crippen molar-refractivity contribution >= 4 is 17.6 Å². The number of amidine groups is 1. The number of amides is 1. The van der Waals surface area contributed by atoms with Crippen molar-refractivity contribution in [3.63, 3.8) is 0 Å². The third-order valence-electron chi connectivity index (χ3n) is 5.90. The molecule has 2 aliphatic rings. The van der Waals surface area contributed by atoms with Crippen LogP contribution in [0.15, 0.2) is 41.5 Å². The standard InChI is InChI=1S/C22H20F6N4O3/c23-10-22(14-6-21(27,28)7-17(14)35-20(29)32-22)13-5-11(1-3-15(13)24)31-19(33)16-4-2-12(8-30-16)34-9-18(25)26/h1-5,8,14,17-18H,6-7,9-10H2,(H2,29,32)(H,31,33). The van der Waals surface area contributed by atoms with E-state index >= 15 is 0 Å².